The van der Waals surface area contributed by atoms with Crippen LogP contribution in [0.4, 0.5) is 0 Å². The van der Waals surface area contributed by atoms with Crippen molar-refractivity contribution < 1.29 is 9.59 Å². The lowest BCUT2D eigenvalue weighted by atomic mass is 10.0. The molecule has 0 bridgehead atoms. The van der Waals surface area contributed by atoms with E-state index in [1.807, 2.05) is 30.9 Å². The van der Waals surface area contributed by atoms with Crippen LogP contribution in [-0.2, 0) is 11.2 Å². The summed E-state index contributed by atoms with van der Waals surface area (Å²) in [5.74, 6) is -0.325. The average Bonchev–Trinajstić information content (AvgIpc) is 3.53. The van der Waals surface area contributed by atoms with Gasteiger partial charge in [0.1, 0.15) is 5.69 Å². The summed E-state index contributed by atoms with van der Waals surface area (Å²) in [5, 5.41) is 13.9. The summed E-state index contributed by atoms with van der Waals surface area (Å²) in [7, 11) is 0. The Morgan fingerprint density at radius 2 is 2.20 bits per heavy atom. The van der Waals surface area contributed by atoms with Crippen LogP contribution < -0.4 is 0 Å². The van der Waals surface area contributed by atoms with Crippen LogP contribution in [0, 0.1) is 0 Å². The van der Waals surface area contributed by atoms with Crippen molar-refractivity contribution in [3.63, 3.8) is 0 Å². The van der Waals surface area contributed by atoms with Crippen LogP contribution in [0.5, 0.6) is 0 Å². The maximum atomic E-state index is 13.4. The van der Waals surface area contributed by atoms with Gasteiger partial charge in [-0.25, -0.2) is 0 Å². The molecule has 2 amide bonds. The number of hydrogen-bond acceptors (Lipinski definition) is 5. The van der Waals surface area contributed by atoms with Gasteiger partial charge in [0.2, 0.25) is 5.91 Å². The van der Waals surface area contributed by atoms with Crippen molar-refractivity contribution in [3.8, 4) is 0 Å². The fraction of sp³-hybridized carbons (Fsp3) is 0.400. The summed E-state index contributed by atoms with van der Waals surface area (Å²) in [6.07, 6.45) is 4.29. The molecule has 158 valence electrons. The Morgan fingerprint density at radius 3 is 2.83 bits per heavy atom. The number of aromatic amines is 2. The quantitative estimate of drug-likeness (QED) is 0.572. The molecular formula is C20H23BrN6O2S. The van der Waals surface area contributed by atoms with Gasteiger partial charge in [-0.2, -0.15) is 10.2 Å². The highest BCUT2D eigenvalue weighted by molar-refractivity contribution is 9.11. The Morgan fingerprint density at radius 1 is 1.37 bits per heavy atom. The number of H-pyrrole nitrogens is 2. The minimum Gasteiger partial charge on any atom is -0.333 e. The Balaban J connectivity index is 1.55. The zero-order chi connectivity index (χ0) is 21.3. The fourth-order valence-corrected chi connectivity index (χ4v) is 5.17. The molecule has 1 aliphatic heterocycles. The van der Waals surface area contributed by atoms with E-state index in [-0.39, 0.29) is 23.8 Å². The highest BCUT2D eigenvalue weighted by Crippen LogP contribution is 2.33. The summed E-state index contributed by atoms with van der Waals surface area (Å²) in [5.41, 5.74) is 2.22. The molecule has 0 radical (unpaired) electrons. The van der Waals surface area contributed by atoms with Gasteiger partial charge in [-0.05, 0) is 47.5 Å². The third-order valence-corrected chi connectivity index (χ3v) is 7.28. The summed E-state index contributed by atoms with van der Waals surface area (Å²) < 4.78 is 1.00. The first-order valence-corrected chi connectivity index (χ1v) is 11.5. The van der Waals surface area contributed by atoms with Crippen LogP contribution >= 0.6 is 27.3 Å². The molecule has 0 aromatic carbocycles. The van der Waals surface area contributed by atoms with E-state index in [4.69, 9.17) is 0 Å². The van der Waals surface area contributed by atoms with E-state index in [2.05, 4.69) is 36.3 Å². The normalized spacial score (nSPS) is 17.9. The lowest BCUT2D eigenvalue weighted by molar-refractivity contribution is -0.137. The predicted octanol–water partition coefficient (Wildman–Crippen LogP) is 3.35. The second-order valence-corrected chi connectivity index (χ2v) is 9.82. The standard InChI is InChI=1S/C20H23BrN6O2S/c1-3-14-8-15(25-24-14)20(29)26-6-7-27(16(11-26)13-9-22-23-10-13)19(28)12(2)17-4-5-18(21)30-17/h4-5,8-10,12,16H,3,6-7,11H2,1-2H3,(H,22,23)(H,24,25). The molecule has 4 heterocycles. The topological polar surface area (TPSA) is 98.0 Å². The Hall–Kier alpha value is -2.46. The number of nitrogens with one attached hydrogen (secondary N) is 2. The molecule has 0 aliphatic carbocycles. The molecule has 4 rings (SSSR count). The molecule has 1 aliphatic rings. The number of carbonyl (C=O) groups is 2. The average molecular weight is 491 g/mol. The maximum Gasteiger partial charge on any atom is 0.274 e. The summed E-state index contributed by atoms with van der Waals surface area (Å²) in [4.78, 5) is 31.0. The molecule has 2 atom stereocenters. The highest BCUT2D eigenvalue weighted by Gasteiger charge is 2.37. The van der Waals surface area contributed by atoms with Crippen LogP contribution in [0.3, 0.4) is 0 Å². The number of thiophene rings is 1. The van der Waals surface area contributed by atoms with E-state index in [9.17, 15) is 9.59 Å². The first kappa shape index (κ1) is 20.8. The molecule has 3 aromatic heterocycles. The Kier molecular flexibility index (Phi) is 6.05. The van der Waals surface area contributed by atoms with Gasteiger partial charge in [0, 0.05) is 42.0 Å². The van der Waals surface area contributed by atoms with Gasteiger partial charge in [0.25, 0.3) is 5.91 Å². The van der Waals surface area contributed by atoms with E-state index in [1.165, 1.54) is 0 Å². The van der Waals surface area contributed by atoms with Crippen LogP contribution in [0.25, 0.3) is 0 Å². The third kappa shape index (κ3) is 4.06. The second-order valence-electron chi connectivity index (χ2n) is 7.33. The number of nitrogens with zero attached hydrogens (tertiary/aromatic N) is 4. The van der Waals surface area contributed by atoms with Gasteiger partial charge >= 0.3 is 0 Å². The van der Waals surface area contributed by atoms with Gasteiger partial charge in [0.05, 0.1) is 21.9 Å². The number of halogens is 1. The maximum absolute atomic E-state index is 13.4. The molecule has 2 unspecified atom stereocenters. The van der Waals surface area contributed by atoms with Crippen molar-refractivity contribution in [1.29, 1.82) is 0 Å². The fourth-order valence-electron chi connectivity index (χ4n) is 3.71. The summed E-state index contributed by atoms with van der Waals surface area (Å²) in [6, 6.07) is 5.47. The highest BCUT2D eigenvalue weighted by atomic mass is 79.9. The lowest BCUT2D eigenvalue weighted by Gasteiger charge is -2.41. The van der Waals surface area contributed by atoms with Crippen LogP contribution in [0.15, 0.2) is 34.4 Å². The molecule has 1 saturated heterocycles. The Labute approximate surface area is 186 Å². The monoisotopic (exact) mass is 490 g/mol. The van der Waals surface area contributed by atoms with Crippen LogP contribution in [0.2, 0.25) is 0 Å². The number of aromatic nitrogens is 4. The van der Waals surface area contributed by atoms with Crippen molar-refractivity contribution in [1.82, 2.24) is 30.2 Å². The number of amides is 2. The molecule has 8 nitrogen and oxygen atoms in total. The SMILES string of the molecule is CCc1cc(C(=O)N2CCN(C(=O)C(C)c3ccc(Br)s3)C(c3cn[nH]c3)C2)n[nH]1. The largest absolute Gasteiger partial charge is 0.333 e. The van der Waals surface area contributed by atoms with Crippen molar-refractivity contribution in [2.75, 3.05) is 19.6 Å². The first-order chi connectivity index (χ1) is 14.5. The van der Waals surface area contributed by atoms with Crippen molar-refractivity contribution in [2.24, 2.45) is 0 Å². The van der Waals surface area contributed by atoms with Gasteiger partial charge in [-0.1, -0.05) is 6.92 Å². The summed E-state index contributed by atoms with van der Waals surface area (Å²) >= 11 is 5.04. The minimum absolute atomic E-state index is 0.0516. The summed E-state index contributed by atoms with van der Waals surface area (Å²) in [6.45, 7) is 5.27. The van der Waals surface area contributed by atoms with E-state index in [0.717, 1.165) is 26.3 Å². The molecule has 30 heavy (non-hydrogen) atoms. The van der Waals surface area contributed by atoms with E-state index < -0.39 is 0 Å². The van der Waals surface area contributed by atoms with Gasteiger partial charge < -0.3 is 9.80 Å². The van der Waals surface area contributed by atoms with Crippen LogP contribution in [0.1, 0.15) is 52.4 Å². The molecule has 10 heteroatoms. The van der Waals surface area contributed by atoms with Crippen molar-refractivity contribution in [3.05, 3.63) is 56.2 Å². The number of piperazine rings is 1. The van der Waals surface area contributed by atoms with Gasteiger partial charge in [-0.3, -0.25) is 19.8 Å². The lowest BCUT2D eigenvalue weighted by Crippen LogP contribution is -2.53. The smallest absolute Gasteiger partial charge is 0.274 e. The van der Waals surface area contributed by atoms with E-state index in [0.29, 0.717) is 25.3 Å². The zero-order valence-corrected chi connectivity index (χ0v) is 19.2. The van der Waals surface area contributed by atoms with Crippen molar-refractivity contribution >= 4 is 39.1 Å². The van der Waals surface area contributed by atoms with Crippen LogP contribution in [-0.4, -0.2) is 61.6 Å². The number of hydrogen-bond donors (Lipinski definition) is 2. The molecular weight excluding hydrogens is 468 g/mol. The molecule has 1 fully saturated rings. The van der Waals surface area contributed by atoms with E-state index in [1.54, 1.807) is 34.7 Å². The Bertz CT molecular complexity index is 1030. The van der Waals surface area contributed by atoms with Gasteiger partial charge in [0.15, 0.2) is 0 Å². The third-order valence-electron chi connectivity index (χ3n) is 5.48. The zero-order valence-electron chi connectivity index (χ0n) is 16.8. The molecule has 3 aromatic rings. The molecule has 0 saturated carbocycles. The number of rotatable bonds is 5. The first-order valence-electron chi connectivity index (χ1n) is 9.85. The van der Waals surface area contributed by atoms with Crippen molar-refractivity contribution in [2.45, 2.75) is 32.2 Å². The van der Waals surface area contributed by atoms with E-state index >= 15 is 0 Å². The molecule has 0 spiro atoms. The number of aryl methyl sites for hydroxylation is 1. The second kappa shape index (κ2) is 8.73. The molecule has 2 N–H and O–H groups in total. The minimum atomic E-state index is -0.260. The van der Waals surface area contributed by atoms with Gasteiger partial charge in [-0.15, -0.1) is 11.3 Å². The predicted molar refractivity (Wildman–Crippen MR) is 117 cm³/mol. The number of carbonyl (C=O) groups excluding carboxylic acids is 2.